The molecular weight excluding hydrogens is 422 g/mol. The number of hydrogen-bond donors (Lipinski definition) is 1. The van der Waals surface area contributed by atoms with Gasteiger partial charge in [0.1, 0.15) is 0 Å². The van der Waals surface area contributed by atoms with Crippen LogP contribution in [0, 0.1) is 0 Å². The van der Waals surface area contributed by atoms with Crippen LogP contribution in [0.5, 0.6) is 0 Å². The zero-order chi connectivity index (χ0) is 21.6. The number of aromatic nitrogens is 6. The molecule has 3 aromatic rings. The first-order valence-electron chi connectivity index (χ1n) is 10.0. The lowest BCUT2D eigenvalue weighted by Gasteiger charge is -2.27. The van der Waals surface area contributed by atoms with E-state index >= 15 is 0 Å². The molecular formula is C18H23N9O3S. The molecule has 13 heteroatoms. The quantitative estimate of drug-likeness (QED) is 0.578. The van der Waals surface area contributed by atoms with E-state index in [1.165, 1.54) is 10.6 Å². The highest BCUT2D eigenvalue weighted by atomic mass is 32.2. The van der Waals surface area contributed by atoms with Gasteiger partial charge in [-0.15, -0.1) is 0 Å². The minimum Gasteiger partial charge on any atom is -0.378 e. The molecule has 0 bridgehead atoms. The highest BCUT2D eigenvalue weighted by molar-refractivity contribution is 7.88. The summed E-state index contributed by atoms with van der Waals surface area (Å²) in [5.41, 5.74) is 7.68. The Balaban J connectivity index is 1.62. The van der Waals surface area contributed by atoms with E-state index in [-0.39, 0.29) is 12.0 Å². The van der Waals surface area contributed by atoms with Gasteiger partial charge in [0.05, 0.1) is 42.8 Å². The number of nitrogens with two attached hydrogens (primary N) is 1. The molecule has 1 atom stereocenters. The van der Waals surface area contributed by atoms with Crippen molar-refractivity contribution >= 4 is 33.0 Å². The summed E-state index contributed by atoms with van der Waals surface area (Å²) >= 11 is 0. The molecule has 0 amide bonds. The molecule has 0 saturated carbocycles. The second-order valence-electron chi connectivity index (χ2n) is 7.69. The Kier molecular flexibility index (Phi) is 4.95. The fourth-order valence-electron chi connectivity index (χ4n) is 3.98. The zero-order valence-electron chi connectivity index (χ0n) is 17.0. The molecule has 5 rings (SSSR count). The monoisotopic (exact) mass is 445 g/mol. The number of sulfonamides is 1. The van der Waals surface area contributed by atoms with Crippen LogP contribution in [0.25, 0.3) is 22.3 Å². The number of rotatable bonds is 4. The van der Waals surface area contributed by atoms with Crippen LogP contribution >= 0.6 is 0 Å². The number of nitrogen functional groups attached to an aromatic ring is 1. The van der Waals surface area contributed by atoms with E-state index in [2.05, 4.69) is 20.0 Å². The summed E-state index contributed by atoms with van der Waals surface area (Å²) in [6.45, 7) is 3.41. The summed E-state index contributed by atoms with van der Waals surface area (Å²) in [5, 5.41) is 5.32. The van der Waals surface area contributed by atoms with E-state index in [4.69, 9.17) is 20.4 Å². The Labute approximate surface area is 179 Å². The number of fused-ring (bicyclic) bond motifs is 1. The average Bonchev–Trinajstić information content (AvgIpc) is 3.41. The molecule has 2 saturated heterocycles. The SMILES string of the molecule is CS(=O)(=O)N1CCC(n2ncc3c(-c4cnc(N)nc4)nc(N4CCOCC4)nc32)C1. The van der Waals surface area contributed by atoms with Gasteiger partial charge in [-0.05, 0) is 6.42 Å². The maximum absolute atomic E-state index is 12.0. The topological polar surface area (TPSA) is 145 Å². The Morgan fingerprint density at radius 2 is 1.84 bits per heavy atom. The van der Waals surface area contributed by atoms with Gasteiger partial charge in [0.25, 0.3) is 0 Å². The van der Waals surface area contributed by atoms with Crippen LogP contribution in [-0.2, 0) is 14.8 Å². The molecule has 12 nitrogen and oxygen atoms in total. The Morgan fingerprint density at radius 1 is 1.10 bits per heavy atom. The Hall–Kier alpha value is -2.90. The molecule has 2 aliphatic heterocycles. The number of ether oxygens (including phenoxy) is 1. The number of morpholine rings is 1. The minimum atomic E-state index is -3.25. The lowest BCUT2D eigenvalue weighted by atomic mass is 10.2. The van der Waals surface area contributed by atoms with Crippen molar-refractivity contribution in [3.05, 3.63) is 18.6 Å². The van der Waals surface area contributed by atoms with Gasteiger partial charge in [0.2, 0.25) is 21.9 Å². The minimum absolute atomic E-state index is 0.102. The van der Waals surface area contributed by atoms with Gasteiger partial charge in [-0.25, -0.2) is 28.1 Å². The maximum Gasteiger partial charge on any atom is 0.228 e. The van der Waals surface area contributed by atoms with Crippen molar-refractivity contribution in [3.63, 3.8) is 0 Å². The summed E-state index contributed by atoms with van der Waals surface area (Å²) in [6, 6.07) is -0.102. The van der Waals surface area contributed by atoms with Crippen LogP contribution < -0.4 is 10.6 Å². The van der Waals surface area contributed by atoms with Gasteiger partial charge in [-0.1, -0.05) is 0 Å². The summed E-state index contributed by atoms with van der Waals surface area (Å²) in [4.78, 5) is 19.9. The lowest BCUT2D eigenvalue weighted by Crippen LogP contribution is -2.37. The zero-order valence-corrected chi connectivity index (χ0v) is 17.9. The van der Waals surface area contributed by atoms with Crippen LogP contribution in [0.15, 0.2) is 18.6 Å². The van der Waals surface area contributed by atoms with Gasteiger partial charge in [-0.3, -0.25) is 0 Å². The predicted octanol–water partition coefficient (Wildman–Crippen LogP) is -0.0915. The van der Waals surface area contributed by atoms with Crippen LogP contribution in [0.1, 0.15) is 12.5 Å². The Morgan fingerprint density at radius 3 is 2.52 bits per heavy atom. The van der Waals surface area contributed by atoms with Crippen LogP contribution in [-0.4, -0.2) is 88.1 Å². The van der Waals surface area contributed by atoms with Crippen molar-refractivity contribution in [1.29, 1.82) is 0 Å². The molecule has 0 radical (unpaired) electrons. The lowest BCUT2D eigenvalue weighted by molar-refractivity contribution is 0.122. The molecule has 164 valence electrons. The van der Waals surface area contributed by atoms with Crippen LogP contribution in [0.4, 0.5) is 11.9 Å². The average molecular weight is 446 g/mol. The standard InChI is InChI=1S/C18H23N9O3S/c1-31(28,29)26-3-2-13(11-26)27-16-14(10-22-27)15(12-8-20-17(19)21-9-12)23-18(24-16)25-4-6-30-7-5-25/h8-10,13H,2-7,11H2,1H3,(H2,19,20,21). The molecule has 2 fully saturated rings. The van der Waals surface area contributed by atoms with E-state index in [1.54, 1.807) is 18.6 Å². The molecule has 2 N–H and O–H groups in total. The maximum atomic E-state index is 12.0. The van der Waals surface area contributed by atoms with Gasteiger partial charge in [0, 0.05) is 44.1 Å². The van der Waals surface area contributed by atoms with Gasteiger partial charge in [0.15, 0.2) is 5.65 Å². The molecule has 0 aromatic carbocycles. The van der Waals surface area contributed by atoms with E-state index in [0.717, 1.165) is 5.39 Å². The summed E-state index contributed by atoms with van der Waals surface area (Å²) in [6.07, 6.45) is 6.87. The predicted molar refractivity (Wildman–Crippen MR) is 114 cm³/mol. The van der Waals surface area contributed by atoms with Gasteiger partial charge in [-0.2, -0.15) is 14.4 Å². The molecule has 5 heterocycles. The molecule has 31 heavy (non-hydrogen) atoms. The van der Waals surface area contributed by atoms with Crippen molar-refractivity contribution in [1.82, 2.24) is 34.0 Å². The van der Waals surface area contributed by atoms with E-state index in [1.807, 2.05) is 4.68 Å². The molecule has 1 unspecified atom stereocenters. The van der Waals surface area contributed by atoms with E-state index in [9.17, 15) is 8.42 Å². The Bertz CT molecular complexity index is 1210. The summed E-state index contributed by atoms with van der Waals surface area (Å²) in [5.74, 6) is 0.757. The smallest absolute Gasteiger partial charge is 0.228 e. The third-order valence-corrected chi connectivity index (χ3v) is 6.89. The third-order valence-electron chi connectivity index (χ3n) is 5.62. The summed E-state index contributed by atoms with van der Waals surface area (Å²) in [7, 11) is -3.25. The first-order valence-corrected chi connectivity index (χ1v) is 11.9. The van der Waals surface area contributed by atoms with Crippen molar-refractivity contribution in [2.45, 2.75) is 12.5 Å². The second kappa shape index (κ2) is 7.66. The number of anilines is 2. The fraction of sp³-hybridized carbons (Fsp3) is 0.500. The molecule has 0 spiro atoms. The fourth-order valence-corrected chi connectivity index (χ4v) is 4.86. The largest absolute Gasteiger partial charge is 0.378 e. The second-order valence-corrected chi connectivity index (χ2v) is 9.67. The van der Waals surface area contributed by atoms with Crippen molar-refractivity contribution in [3.8, 4) is 11.3 Å². The molecule has 0 aliphatic carbocycles. The van der Waals surface area contributed by atoms with Crippen LogP contribution in [0.2, 0.25) is 0 Å². The number of hydrogen-bond acceptors (Lipinski definition) is 10. The van der Waals surface area contributed by atoms with Crippen molar-refractivity contribution < 1.29 is 13.2 Å². The molecule has 3 aromatic heterocycles. The normalized spacial score (nSPS) is 20.5. The highest BCUT2D eigenvalue weighted by Gasteiger charge is 2.32. The first-order chi connectivity index (χ1) is 14.9. The van der Waals surface area contributed by atoms with E-state index < -0.39 is 10.0 Å². The van der Waals surface area contributed by atoms with Crippen molar-refractivity contribution in [2.75, 3.05) is 56.3 Å². The molecule has 2 aliphatic rings. The van der Waals surface area contributed by atoms with Gasteiger partial charge < -0.3 is 15.4 Å². The first kappa shape index (κ1) is 20.0. The van der Waals surface area contributed by atoms with Gasteiger partial charge >= 0.3 is 0 Å². The van der Waals surface area contributed by atoms with Crippen LogP contribution in [0.3, 0.4) is 0 Å². The highest BCUT2D eigenvalue weighted by Crippen LogP contribution is 2.32. The summed E-state index contributed by atoms with van der Waals surface area (Å²) < 4.78 is 32.7. The van der Waals surface area contributed by atoms with Crippen molar-refractivity contribution in [2.24, 2.45) is 0 Å². The van der Waals surface area contributed by atoms with E-state index in [0.29, 0.717) is 68.7 Å². The number of nitrogens with zero attached hydrogens (tertiary/aromatic N) is 8. The third kappa shape index (κ3) is 3.79.